The quantitative estimate of drug-likeness (QED) is 0.336. The SMILES string of the molecule is COC(=O)C1CCC(c2nn3cc(-c4ccc(N5CCC(OC)(C6CCCCC6)CC5)cc4)nc3s2)CC1. The van der Waals surface area contributed by atoms with Crippen LogP contribution in [0.5, 0.6) is 0 Å². The first-order chi connectivity index (χ1) is 18.6. The number of benzene rings is 1. The number of piperidine rings is 1. The van der Waals surface area contributed by atoms with Crippen molar-refractivity contribution in [3.05, 3.63) is 35.5 Å². The molecule has 2 aliphatic carbocycles. The lowest BCUT2D eigenvalue weighted by molar-refractivity contribution is -0.146. The molecule has 6 rings (SSSR count). The molecule has 3 heterocycles. The molecule has 0 N–H and O–H groups in total. The molecule has 2 aromatic heterocycles. The van der Waals surface area contributed by atoms with Gasteiger partial charge in [0, 0.05) is 37.4 Å². The summed E-state index contributed by atoms with van der Waals surface area (Å²) in [6.07, 6.45) is 14.8. The summed E-state index contributed by atoms with van der Waals surface area (Å²) in [4.78, 5) is 20.2. The van der Waals surface area contributed by atoms with Crippen LogP contribution in [0.1, 0.15) is 81.6 Å². The van der Waals surface area contributed by atoms with Gasteiger partial charge in [-0.1, -0.05) is 42.7 Å². The molecule has 8 heteroatoms. The van der Waals surface area contributed by atoms with E-state index in [2.05, 4.69) is 29.2 Å². The van der Waals surface area contributed by atoms with Crippen LogP contribution < -0.4 is 4.90 Å². The predicted molar refractivity (Wildman–Crippen MR) is 151 cm³/mol. The molecule has 0 bridgehead atoms. The Kier molecular flexibility index (Phi) is 7.45. The smallest absolute Gasteiger partial charge is 0.308 e. The topological polar surface area (TPSA) is 69.0 Å². The maximum atomic E-state index is 11.8. The molecule has 1 aromatic carbocycles. The number of carbonyl (C=O) groups is 1. The van der Waals surface area contributed by atoms with Crippen LogP contribution in [0.3, 0.4) is 0 Å². The summed E-state index contributed by atoms with van der Waals surface area (Å²) in [5, 5.41) is 5.99. The number of hydrogen-bond donors (Lipinski definition) is 0. The second kappa shape index (κ2) is 11.0. The number of methoxy groups -OCH3 is 2. The van der Waals surface area contributed by atoms with Crippen molar-refractivity contribution in [2.75, 3.05) is 32.2 Å². The van der Waals surface area contributed by atoms with Crippen molar-refractivity contribution in [2.45, 2.75) is 82.1 Å². The van der Waals surface area contributed by atoms with Crippen LogP contribution in [0.25, 0.3) is 16.2 Å². The van der Waals surface area contributed by atoms with Gasteiger partial charge in [-0.3, -0.25) is 4.79 Å². The van der Waals surface area contributed by atoms with Gasteiger partial charge in [0.15, 0.2) is 0 Å². The van der Waals surface area contributed by atoms with E-state index in [1.807, 2.05) is 17.8 Å². The Morgan fingerprint density at radius 1 is 0.974 bits per heavy atom. The van der Waals surface area contributed by atoms with Crippen LogP contribution in [-0.2, 0) is 14.3 Å². The van der Waals surface area contributed by atoms with Crippen LogP contribution in [0, 0.1) is 11.8 Å². The zero-order chi connectivity index (χ0) is 26.1. The molecule has 0 amide bonds. The number of nitrogens with zero attached hydrogens (tertiary/aromatic N) is 4. The highest BCUT2D eigenvalue weighted by Gasteiger charge is 2.42. The van der Waals surface area contributed by atoms with Crippen molar-refractivity contribution in [3.63, 3.8) is 0 Å². The molecule has 38 heavy (non-hydrogen) atoms. The molecule has 0 unspecified atom stereocenters. The summed E-state index contributed by atoms with van der Waals surface area (Å²) in [5.41, 5.74) is 3.44. The van der Waals surface area contributed by atoms with Crippen LogP contribution in [0.4, 0.5) is 5.69 Å². The molecule has 0 radical (unpaired) electrons. The number of imidazole rings is 1. The number of fused-ring (bicyclic) bond motifs is 1. The lowest BCUT2D eigenvalue weighted by atomic mass is 9.72. The minimum atomic E-state index is -0.0733. The van der Waals surface area contributed by atoms with Gasteiger partial charge in [0.1, 0.15) is 5.01 Å². The van der Waals surface area contributed by atoms with Crippen molar-refractivity contribution in [1.82, 2.24) is 14.6 Å². The number of esters is 1. The third-order valence-electron chi connectivity index (χ3n) is 9.56. The Bertz CT molecular complexity index is 1200. The van der Waals surface area contributed by atoms with Crippen molar-refractivity contribution in [3.8, 4) is 11.3 Å². The maximum absolute atomic E-state index is 11.8. The van der Waals surface area contributed by atoms with Gasteiger partial charge < -0.3 is 14.4 Å². The molecular weight excluding hydrogens is 496 g/mol. The summed E-state index contributed by atoms with van der Waals surface area (Å²) < 4.78 is 13.1. The van der Waals surface area contributed by atoms with E-state index in [1.165, 1.54) is 44.9 Å². The van der Waals surface area contributed by atoms with E-state index in [4.69, 9.17) is 19.6 Å². The van der Waals surface area contributed by atoms with Crippen LogP contribution >= 0.6 is 11.3 Å². The average molecular weight is 537 g/mol. The van der Waals surface area contributed by atoms with Gasteiger partial charge >= 0.3 is 5.97 Å². The zero-order valence-corrected chi connectivity index (χ0v) is 23.5. The van der Waals surface area contributed by atoms with Crippen molar-refractivity contribution in [2.24, 2.45) is 11.8 Å². The maximum Gasteiger partial charge on any atom is 0.308 e. The first-order valence-electron chi connectivity index (χ1n) is 14.4. The minimum absolute atomic E-state index is 0.0409. The summed E-state index contributed by atoms with van der Waals surface area (Å²) in [7, 11) is 3.41. The lowest BCUT2D eigenvalue weighted by Gasteiger charge is -2.47. The number of rotatable bonds is 6. The summed E-state index contributed by atoms with van der Waals surface area (Å²) in [5.74, 6) is 1.10. The van der Waals surface area contributed by atoms with Gasteiger partial charge in [0.2, 0.25) is 4.96 Å². The van der Waals surface area contributed by atoms with Gasteiger partial charge in [-0.15, -0.1) is 0 Å². The fraction of sp³-hybridized carbons (Fsp3) is 0.633. The van der Waals surface area contributed by atoms with Gasteiger partial charge in [0.25, 0.3) is 0 Å². The zero-order valence-electron chi connectivity index (χ0n) is 22.7. The number of ether oxygens (including phenoxy) is 2. The van der Waals surface area contributed by atoms with Crippen molar-refractivity contribution in [1.29, 1.82) is 0 Å². The first-order valence-corrected chi connectivity index (χ1v) is 15.2. The van der Waals surface area contributed by atoms with Crippen LogP contribution in [0.15, 0.2) is 30.5 Å². The second-order valence-electron chi connectivity index (χ2n) is 11.5. The normalized spacial score (nSPS) is 24.5. The lowest BCUT2D eigenvalue weighted by Crippen LogP contribution is -2.50. The van der Waals surface area contributed by atoms with E-state index in [1.54, 1.807) is 11.3 Å². The Balaban J connectivity index is 1.08. The molecule has 1 saturated heterocycles. The van der Waals surface area contributed by atoms with Crippen molar-refractivity contribution < 1.29 is 14.3 Å². The standard InChI is InChI=1S/C30H40N4O3S/c1-36-28(35)23-10-8-22(9-11-23)27-32-34-20-26(31-29(34)38-27)21-12-14-25(15-13-21)33-18-16-30(37-2,17-19-33)24-6-4-3-5-7-24/h12-15,20,22-24H,3-11,16-19H2,1-2H3. The molecule has 3 aliphatic rings. The largest absolute Gasteiger partial charge is 0.469 e. The summed E-state index contributed by atoms with van der Waals surface area (Å²) in [6.45, 7) is 2.11. The summed E-state index contributed by atoms with van der Waals surface area (Å²) in [6, 6.07) is 8.86. The molecule has 3 fully saturated rings. The fourth-order valence-electron chi connectivity index (χ4n) is 7.16. The highest BCUT2D eigenvalue weighted by atomic mass is 32.1. The Hall–Kier alpha value is -2.45. The molecule has 0 atom stereocenters. The van der Waals surface area contributed by atoms with E-state index in [0.29, 0.717) is 5.92 Å². The highest BCUT2D eigenvalue weighted by Crippen LogP contribution is 2.42. The van der Waals surface area contributed by atoms with Gasteiger partial charge in [-0.25, -0.2) is 9.50 Å². The Morgan fingerprint density at radius 3 is 2.32 bits per heavy atom. The Morgan fingerprint density at radius 2 is 1.68 bits per heavy atom. The third-order valence-corrected chi connectivity index (χ3v) is 10.6. The number of anilines is 1. The van der Waals surface area contributed by atoms with Gasteiger partial charge in [-0.05, 0) is 69.4 Å². The number of hydrogen-bond acceptors (Lipinski definition) is 7. The summed E-state index contributed by atoms with van der Waals surface area (Å²) >= 11 is 1.68. The van der Waals surface area contributed by atoms with E-state index in [-0.39, 0.29) is 17.5 Å². The van der Waals surface area contributed by atoms with Crippen LogP contribution in [0.2, 0.25) is 0 Å². The van der Waals surface area contributed by atoms with Gasteiger partial charge in [0.05, 0.1) is 30.5 Å². The van der Waals surface area contributed by atoms with E-state index >= 15 is 0 Å². The molecule has 0 spiro atoms. The second-order valence-corrected chi connectivity index (χ2v) is 12.5. The number of carbonyl (C=O) groups excluding carboxylic acids is 1. The molecular formula is C30H40N4O3S. The molecule has 3 aromatic rings. The van der Waals surface area contributed by atoms with Crippen LogP contribution in [-0.4, -0.2) is 53.5 Å². The molecule has 1 aliphatic heterocycles. The van der Waals surface area contributed by atoms with Gasteiger partial charge in [-0.2, -0.15) is 5.10 Å². The van der Waals surface area contributed by atoms with E-state index in [9.17, 15) is 4.79 Å². The minimum Gasteiger partial charge on any atom is -0.469 e. The molecule has 2 saturated carbocycles. The van der Waals surface area contributed by atoms with Crippen molar-refractivity contribution >= 4 is 28.0 Å². The number of aromatic nitrogens is 3. The fourth-order valence-corrected chi connectivity index (χ4v) is 8.21. The average Bonchev–Trinajstić information content (AvgIpc) is 3.57. The Labute approximate surface area is 229 Å². The first kappa shape index (κ1) is 25.8. The molecule has 7 nitrogen and oxygen atoms in total. The predicted octanol–water partition coefficient (Wildman–Crippen LogP) is 6.47. The highest BCUT2D eigenvalue weighted by molar-refractivity contribution is 7.16. The molecule has 204 valence electrons. The van der Waals surface area contributed by atoms with E-state index in [0.717, 1.165) is 78.8 Å². The third kappa shape index (κ3) is 4.97. The van der Waals surface area contributed by atoms with E-state index < -0.39 is 0 Å². The monoisotopic (exact) mass is 536 g/mol.